The maximum absolute atomic E-state index is 11.7. The summed E-state index contributed by atoms with van der Waals surface area (Å²) in [5, 5.41) is 16.1. The van der Waals surface area contributed by atoms with Crippen molar-refractivity contribution in [1.82, 2.24) is 10.6 Å². The quantitative estimate of drug-likeness (QED) is 0.638. The molecule has 5 nitrogen and oxygen atoms in total. The fourth-order valence-corrected chi connectivity index (χ4v) is 1.83. The monoisotopic (exact) mass is 244 g/mol. The molecule has 17 heavy (non-hydrogen) atoms. The molecule has 0 radical (unpaired) electrons. The minimum Gasteiger partial charge on any atom is -0.386 e. The Labute approximate surface area is 103 Å². The topological polar surface area (TPSA) is 70.6 Å². The number of carbonyl (C=O) groups is 1. The van der Waals surface area contributed by atoms with Crippen LogP contribution in [0.3, 0.4) is 0 Å². The zero-order valence-corrected chi connectivity index (χ0v) is 11.1. The van der Waals surface area contributed by atoms with Crippen LogP contribution in [0.5, 0.6) is 0 Å². The highest BCUT2D eigenvalue weighted by Crippen LogP contribution is 2.24. The Morgan fingerprint density at radius 2 is 2.18 bits per heavy atom. The standard InChI is InChI=1S/C12H24N2O3/c1-8(2)14-11(15)9(3)13-7-12(16)5-6-17-10(12)4/h8-10,13,16H,5-7H2,1-4H3,(H,14,15). The molecule has 1 amide bonds. The normalized spacial score (nSPS) is 30.6. The summed E-state index contributed by atoms with van der Waals surface area (Å²) >= 11 is 0. The van der Waals surface area contributed by atoms with Crippen LogP contribution in [-0.2, 0) is 9.53 Å². The van der Waals surface area contributed by atoms with Gasteiger partial charge in [0.05, 0.1) is 12.1 Å². The molecule has 0 bridgehead atoms. The van der Waals surface area contributed by atoms with Gasteiger partial charge in [-0.05, 0) is 27.7 Å². The molecule has 0 aromatic rings. The van der Waals surface area contributed by atoms with Crippen LogP contribution in [-0.4, -0.2) is 48.0 Å². The first-order valence-corrected chi connectivity index (χ1v) is 6.23. The van der Waals surface area contributed by atoms with Crippen LogP contribution < -0.4 is 10.6 Å². The summed E-state index contributed by atoms with van der Waals surface area (Å²) in [5.41, 5.74) is -0.855. The van der Waals surface area contributed by atoms with Gasteiger partial charge in [0.2, 0.25) is 5.91 Å². The molecule has 1 saturated heterocycles. The lowest BCUT2D eigenvalue weighted by Crippen LogP contribution is -2.52. The van der Waals surface area contributed by atoms with Crippen molar-refractivity contribution in [2.45, 2.75) is 57.9 Å². The molecule has 0 spiro atoms. The number of nitrogens with one attached hydrogen (secondary N) is 2. The van der Waals surface area contributed by atoms with Crippen LogP contribution in [0.1, 0.15) is 34.1 Å². The Kier molecular flexibility index (Phi) is 4.91. The van der Waals surface area contributed by atoms with Crippen molar-refractivity contribution >= 4 is 5.91 Å². The highest BCUT2D eigenvalue weighted by molar-refractivity contribution is 5.81. The molecule has 3 unspecified atom stereocenters. The molecule has 0 aromatic heterocycles. The van der Waals surface area contributed by atoms with Gasteiger partial charge in [0.25, 0.3) is 0 Å². The Bertz CT molecular complexity index is 270. The molecule has 3 N–H and O–H groups in total. The van der Waals surface area contributed by atoms with Crippen molar-refractivity contribution in [2.24, 2.45) is 0 Å². The molecule has 0 aliphatic carbocycles. The first kappa shape index (κ1) is 14.4. The second-order valence-electron chi connectivity index (χ2n) is 5.13. The van der Waals surface area contributed by atoms with Gasteiger partial charge in [-0.25, -0.2) is 0 Å². The van der Waals surface area contributed by atoms with Gasteiger partial charge in [-0.1, -0.05) is 0 Å². The molecule has 0 saturated carbocycles. The van der Waals surface area contributed by atoms with E-state index in [2.05, 4.69) is 10.6 Å². The summed E-state index contributed by atoms with van der Waals surface area (Å²) in [5.74, 6) is -0.0461. The average molecular weight is 244 g/mol. The minimum absolute atomic E-state index is 0.0461. The molecular weight excluding hydrogens is 220 g/mol. The van der Waals surface area contributed by atoms with E-state index >= 15 is 0 Å². The molecular formula is C12H24N2O3. The third-order valence-corrected chi connectivity index (χ3v) is 3.20. The lowest BCUT2D eigenvalue weighted by atomic mass is 9.96. The van der Waals surface area contributed by atoms with Crippen LogP contribution in [0.15, 0.2) is 0 Å². The summed E-state index contributed by atoms with van der Waals surface area (Å²) < 4.78 is 5.34. The van der Waals surface area contributed by atoms with E-state index in [1.54, 1.807) is 6.92 Å². The number of hydrogen-bond donors (Lipinski definition) is 3. The Balaban J connectivity index is 2.37. The van der Waals surface area contributed by atoms with Crippen LogP contribution >= 0.6 is 0 Å². The van der Waals surface area contributed by atoms with Gasteiger partial charge in [-0.2, -0.15) is 0 Å². The summed E-state index contributed by atoms with van der Waals surface area (Å²) in [6, 6.07) is -0.183. The fraction of sp³-hybridized carbons (Fsp3) is 0.917. The lowest BCUT2D eigenvalue weighted by molar-refractivity contribution is -0.123. The van der Waals surface area contributed by atoms with Crippen molar-refractivity contribution in [3.8, 4) is 0 Å². The minimum atomic E-state index is -0.855. The van der Waals surface area contributed by atoms with E-state index in [9.17, 15) is 9.90 Å². The number of aliphatic hydroxyl groups is 1. The Morgan fingerprint density at radius 3 is 2.65 bits per heavy atom. The number of amides is 1. The van der Waals surface area contributed by atoms with E-state index in [4.69, 9.17) is 4.74 Å². The highest BCUT2D eigenvalue weighted by Gasteiger charge is 2.39. The Morgan fingerprint density at radius 1 is 1.53 bits per heavy atom. The number of rotatable bonds is 5. The van der Waals surface area contributed by atoms with Crippen LogP contribution in [0.4, 0.5) is 0 Å². The predicted molar refractivity (Wildman–Crippen MR) is 65.7 cm³/mol. The Hall–Kier alpha value is -0.650. The van der Waals surface area contributed by atoms with Crippen molar-refractivity contribution in [3.05, 3.63) is 0 Å². The zero-order valence-electron chi connectivity index (χ0n) is 11.1. The molecule has 1 rings (SSSR count). The first-order valence-electron chi connectivity index (χ1n) is 6.23. The van der Waals surface area contributed by atoms with Gasteiger partial charge >= 0.3 is 0 Å². The SMILES string of the molecule is CC(C)NC(=O)C(C)NCC1(O)CCOC1C. The average Bonchev–Trinajstić information content (AvgIpc) is 2.55. The van der Waals surface area contributed by atoms with E-state index < -0.39 is 5.60 Å². The van der Waals surface area contributed by atoms with E-state index in [0.717, 1.165) is 0 Å². The maximum atomic E-state index is 11.7. The molecule has 3 atom stereocenters. The fourth-order valence-electron chi connectivity index (χ4n) is 1.83. The van der Waals surface area contributed by atoms with E-state index in [0.29, 0.717) is 19.6 Å². The third-order valence-electron chi connectivity index (χ3n) is 3.20. The van der Waals surface area contributed by atoms with Gasteiger partial charge in [0.1, 0.15) is 5.60 Å². The summed E-state index contributed by atoms with van der Waals surface area (Å²) in [6.45, 7) is 8.44. The van der Waals surface area contributed by atoms with Crippen LogP contribution in [0, 0.1) is 0 Å². The van der Waals surface area contributed by atoms with Gasteiger partial charge in [-0.3, -0.25) is 4.79 Å². The molecule has 1 aliphatic rings. The van der Waals surface area contributed by atoms with Gasteiger partial charge in [0.15, 0.2) is 0 Å². The largest absolute Gasteiger partial charge is 0.386 e. The number of ether oxygens (including phenoxy) is 1. The third kappa shape index (κ3) is 3.94. The van der Waals surface area contributed by atoms with E-state index in [-0.39, 0.29) is 24.1 Å². The second kappa shape index (κ2) is 5.80. The lowest BCUT2D eigenvalue weighted by Gasteiger charge is -2.28. The summed E-state index contributed by atoms with van der Waals surface area (Å²) in [7, 11) is 0. The van der Waals surface area contributed by atoms with Crippen LogP contribution in [0.25, 0.3) is 0 Å². The van der Waals surface area contributed by atoms with Crippen molar-refractivity contribution in [3.63, 3.8) is 0 Å². The second-order valence-corrected chi connectivity index (χ2v) is 5.13. The smallest absolute Gasteiger partial charge is 0.237 e. The van der Waals surface area contributed by atoms with Crippen LogP contribution in [0.2, 0.25) is 0 Å². The molecule has 0 aromatic carbocycles. The molecule has 1 fully saturated rings. The predicted octanol–water partition coefficient (Wildman–Crippen LogP) is 0.0290. The summed E-state index contributed by atoms with van der Waals surface area (Å²) in [4.78, 5) is 11.7. The maximum Gasteiger partial charge on any atom is 0.237 e. The molecule has 1 heterocycles. The molecule has 100 valence electrons. The number of carbonyl (C=O) groups excluding carboxylic acids is 1. The zero-order chi connectivity index (χ0) is 13.1. The van der Waals surface area contributed by atoms with E-state index in [1.807, 2.05) is 20.8 Å². The van der Waals surface area contributed by atoms with Gasteiger partial charge in [0, 0.05) is 25.6 Å². The van der Waals surface area contributed by atoms with E-state index in [1.165, 1.54) is 0 Å². The van der Waals surface area contributed by atoms with Crippen molar-refractivity contribution in [1.29, 1.82) is 0 Å². The molecule has 1 aliphatic heterocycles. The van der Waals surface area contributed by atoms with Crippen molar-refractivity contribution < 1.29 is 14.6 Å². The molecule has 5 heteroatoms. The van der Waals surface area contributed by atoms with Gasteiger partial charge in [-0.15, -0.1) is 0 Å². The van der Waals surface area contributed by atoms with Gasteiger partial charge < -0.3 is 20.5 Å². The van der Waals surface area contributed by atoms with Crippen molar-refractivity contribution in [2.75, 3.05) is 13.2 Å². The number of hydrogen-bond acceptors (Lipinski definition) is 4. The summed E-state index contributed by atoms with van der Waals surface area (Å²) in [6.07, 6.45) is 0.426. The first-order chi connectivity index (χ1) is 7.85. The highest BCUT2D eigenvalue weighted by atomic mass is 16.5.